The number of nitrogens with one attached hydrogen (secondary N) is 1. The minimum Gasteiger partial charge on any atom is -0.465 e. The van der Waals surface area contributed by atoms with Crippen LogP contribution in [0.25, 0.3) is 0 Å². The lowest BCUT2D eigenvalue weighted by atomic mass is 9.80. The molecule has 0 spiro atoms. The van der Waals surface area contributed by atoms with Crippen LogP contribution < -0.4 is 5.32 Å². The van der Waals surface area contributed by atoms with Gasteiger partial charge in [0, 0.05) is 21.6 Å². The van der Waals surface area contributed by atoms with E-state index in [4.69, 9.17) is 4.74 Å². The molecule has 26 heavy (non-hydrogen) atoms. The Labute approximate surface area is 167 Å². The average molecular weight is 463 g/mol. The second-order valence-corrected chi connectivity index (χ2v) is 7.81. The third kappa shape index (κ3) is 4.44. The molecule has 0 bridgehead atoms. The monoisotopic (exact) mass is 463 g/mol. The van der Waals surface area contributed by atoms with Crippen LogP contribution in [0, 0.1) is 9.49 Å². The lowest BCUT2D eigenvalue weighted by molar-refractivity contribution is -0.125. The Kier molecular flexibility index (Phi) is 6.29. The summed E-state index contributed by atoms with van der Waals surface area (Å²) in [5, 5.41) is 3.54. The Morgan fingerprint density at radius 3 is 2.42 bits per heavy atom. The molecule has 2 aromatic carbocycles. The molecule has 1 aliphatic rings. The van der Waals surface area contributed by atoms with Crippen molar-refractivity contribution in [1.29, 1.82) is 0 Å². The molecule has 1 N–H and O–H groups in total. The highest BCUT2D eigenvalue weighted by Gasteiger charge is 2.31. The van der Waals surface area contributed by atoms with Crippen molar-refractivity contribution in [2.75, 3.05) is 12.4 Å². The summed E-state index contributed by atoms with van der Waals surface area (Å²) in [5.41, 5.74) is 2.52. The SMILES string of the molecule is COC(=O)c1ccc([C@H](Nc2ccc(I)cc2)[C@@H]2CCCCC2=O)cc1. The van der Waals surface area contributed by atoms with E-state index >= 15 is 0 Å². The first-order valence-electron chi connectivity index (χ1n) is 8.81. The zero-order valence-corrected chi connectivity index (χ0v) is 16.9. The molecule has 1 aliphatic carbocycles. The molecule has 0 aliphatic heterocycles. The fourth-order valence-electron chi connectivity index (χ4n) is 3.45. The largest absolute Gasteiger partial charge is 0.465 e. The minimum absolute atomic E-state index is 0.0491. The molecule has 1 fully saturated rings. The van der Waals surface area contributed by atoms with Gasteiger partial charge in [0.2, 0.25) is 0 Å². The zero-order chi connectivity index (χ0) is 18.5. The van der Waals surface area contributed by atoms with E-state index in [1.165, 1.54) is 10.7 Å². The van der Waals surface area contributed by atoms with E-state index in [0.717, 1.165) is 30.5 Å². The van der Waals surface area contributed by atoms with Crippen LogP contribution in [0.3, 0.4) is 0 Å². The van der Waals surface area contributed by atoms with E-state index < -0.39 is 0 Å². The van der Waals surface area contributed by atoms with Crippen LogP contribution in [0.2, 0.25) is 0 Å². The number of benzene rings is 2. The third-order valence-corrected chi connectivity index (χ3v) is 5.58. The summed E-state index contributed by atoms with van der Waals surface area (Å²) >= 11 is 2.28. The molecular formula is C21H22INO3. The summed E-state index contributed by atoms with van der Waals surface area (Å²) < 4.78 is 5.93. The summed E-state index contributed by atoms with van der Waals surface area (Å²) in [4.78, 5) is 24.2. The zero-order valence-electron chi connectivity index (χ0n) is 14.7. The van der Waals surface area contributed by atoms with E-state index in [1.807, 2.05) is 36.4 Å². The fraction of sp³-hybridized carbons (Fsp3) is 0.333. The van der Waals surface area contributed by atoms with Crippen molar-refractivity contribution in [2.24, 2.45) is 5.92 Å². The lowest BCUT2D eigenvalue weighted by Gasteiger charge is -2.31. The van der Waals surface area contributed by atoms with E-state index in [9.17, 15) is 9.59 Å². The van der Waals surface area contributed by atoms with Gasteiger partial charge in [-0.1, -0.05) is 18.6 Å². The van der Waals surface area contributed by atoms with Gasteiger partial charge < -0.3 is 10.1 Å². The fourth-order valence-corrected chi connectivity index (χ4v) is 3.81. The number of esters is 1. The molecule has 136 valence electrons. The highest BCUT2D eigenvalue weighted by atomic mass is 127. The maximum atomic E-state index is 12.6. The highest BCUT2D eigenvalue weighted by molar-refractivity contribution is 14.1. The molecule has 0 heterocycles. The Hall–Kier alpha value is -1.89. The number of carbonyl (C=O) groups is 2. The maximum Gasteiger partial charge on any atom is 0.337 e. The van der Waals surface area contributed by atoms with Gasteiger partial charge in [-0.15, -0.1) is 0 Å². The molecule has 0 radical (unpaired) electrons. The Morgan fingerprint density at radius 2 is 1.81 bits per heavy atom. The minimum atomic E-state index is -0.354. The molecule has 3 rings (SSSR count). The number of rotatable bonds is 5. The van der Waals surface area contributed by atoms with Gasteiger partial charge in [0.15, 0.2) is 0 Å². The molecule has 2 aromatic rings. The number of anilines is 1. The van der Waals surface area contributed by atoms with Crippen LogP contribution in [0.4, 0.5) is 5.69 Å². The van der Waals surface area contributed by atoms with Gasteiger partial charge in [0.1, 0.15) is 5.78 Å². The first-order chi connectivity index (χ1) is 12.6. The molecule has 5 heteroatoms. The predicted molar refractivity (Wildman–Crippen MR) is 110 cm³/mol. The third-order valence-electron chi connectivity index (χ3n) is 4.86. The number of carbonyl (C=O) groups excluding carboxylic acids is 2. The Morgan fingerprint density at radius 1 is 1.12 bits per heavy atom. The number of ether oxygens (including phenoxy) is 1. The van der Waals surface area contributed by atoms with Crippen LogP contribution in [0.5, 0.6) is 0 Å². The van der Waals surface area contributed by atoms with Crippen molar-refractivity contribution in [1.82, 2.24) is 0 Å². The first-order valence-corrected chi connectivity index (χ1v) is 9.89. The molecular weight excluding hydrogens is 441 g/mol. The number of hydrogen-bond acceptors (Lipinski definition) is 4. The highest BCUT2D eigenvalue weighted by Crippen LogP contribution is 2.35. The van der Waals surface area contributed by atoms with Gasteiger partial charge in [-0.25, -0.2) is 4.79 Å². The molecule has 1 saturated carbocycles. The number of methoxy groups -OCH3 is 1. The van der Waals surface area contributed by atoms with Gasteiger partial charge in [0.05, 0.1) is 18.7 Å². The van der Waals surface area contributed by atoms with Crippen LogP contribution in [0.1, 0.15) is 47.6 Å². The second-order valence-electron chi connectivity index (χ2n) is 6.56. The number of Topliss-reactive ketones (excluding diaryl/α,β-unsaturated/α-hetero) is 1. The average Bonchev–Trinajstić information content (AvgIpc) is 2.68. The summed E-state index contributed by atoms with van der Waals surface area (Å²) in [5.74, 6) is -0.0873. The molecule has 0 amide bonds. The molecule has 0 unspecified atom stereocenters. The van der Waals surface area contributed by atoms with Crippen LogP contribution in [-0.4, -0.2) is 18.9 Å². The lowest BCUT2D eigenvalue weighted by Crippen LogP contribution is -2.30. The van der Waals surface area contributed by atoms with Crippen LogP contribution in [-0.2, 0) is 9.53 Å². The van der Waals surface area contributed by atoms with E-state index in [1.54, 1.807) is 12.1 Å². The van der Waals surface area contributed by atoms with Crippen LogP contribution >= 0.6 is 22.6 Å². The van der Waals surface area contributed by atoms with Crippen molar-refractivity contribution >= 4 is 40.0 Å². The maximum absolute atomic E-state index is 12.6. The van der Waals surface area contributed by atoms with Crippen LogP contribution in [0.15, 0.2) is 48.5 Å². The van der Waals surface area contributed by atoms with Crippen molar-refractivity contribution in [3.05, 3.63) is 63.2 Å². The van der Waals surface area contributed by atoms with E-state index in [2.05, 4.69) is 27.9 Å². The number of halogens is 1. The van der Waals surface area contributed by atoms with Crippen molar-refractivity contribution in [3.8, 4) is 0 Å². The van der Waals surface area contributed by atoms with Gasteiger partial charge in [-0.2, -0.15) is 0 Å². The smallest absolute Gasteiger partial charge is 0.337 e. The predicted octanol–water partition coefficient (Wildman–Crippen LogP) is 4.99. The first kappa shape index (κ1) is 18.9. The molecule has 0 saturated heterocycles. The standard InChI is InChI=1S/C21H22INO3/c1-26-21(25)15-8-6-14(7-9-15)20(18-4-2-3-5-19(18)24)23-17-12-10-16(22)11-13-17/h6-13,18,20,23H,2-5H2,1H3/t18-,20+/m1/s1. The van der Waals surface area contributed by atoms with Crippen molar-refractivity contribution in [2.45, 2.75) is 31.7 Å². The Bertz CT molecular complexity index is 771. The molecule has 4 nitrogen and oxygen atoms in total. The van der Waals surface area contributed by atoms with E-state index in [-0.39, 0.29) is 17.9 Å². The molecule has 2 atom stereocenters. The quantitative estimate of drug-likeness (QED) is 0.502. The number of hydrogen-bond donors (Lipinski definition) is 1. The Balaban J connectivity index is 1.90. The van der Waals surface area contributed by atoms with Crippen molar-refractivity contribution < 1.29 is 14.3 Å². The summed E-state index contributed by atoms with van der Waals surface area (Å²) in [6.07, 6.45) is 3.59. The number of ketones is 1. The van der Waals surface area contributed by atoms with Crippen molar-refractivity contribution in [3.63, 3.8) is 0 Å². The van der Waals surface area contributed by atoms with E-state index in [0.29, 0.717) is 17.8 Å². The topological polar surface area (TPSA) is 55.4 Å². The second kappa shape index (κ2) is 8.66. The van der Waals surface area contributed by atoms with Gasteiger partial charge in [0.25, 0.3) is 0 Å². The normalized spacial score (nSPS) is 18.2. The van der Waals surface area contributed by atoms with Gasteiger partial charge in [-0.3, -0.25) is 4.79 Å². The summed E-state index contributed by atoms with van der Waals surface area (Å²) in [7, 11) is 1.37. The van der Waals surface area contributed by atoms with Gasteiger partial charge in [-0.05, 0) is 77.4 Å². The summed E-state index contributed by atoms with van der Waals surface area (Å²) in [6.45, 7) is 0. The summed E-state index contributed by atoms with van der Waals surface area (Å²) in [6, 6.07) is 15.4. The van der Waals surface area contributed by atoms with Gasteiger partial charge >= 0.3 is 5.97 Å². The molecule has 0 aromatic heterocycles.